The van der Waals surface area contributed by atoms with E-state index in [1.165, 1.54) is 25.7 Å². The summed E-state index contributed by atoms with van der Waals surface area (Å²) >= 11 is 0. The second kappa shape index (κ2) is 2.73. The van der Waals surface area contributed by atoms with Crippen LogP contribution in [0.5, 0.6) is 0 Å². The summed E-state index contributed by atoms with van der Waals surface area (Å²) in [7, 11) is 0. The van der Waals surface area contributed by atoms with E-state index in [-0.39, 0.29) is 0 Å². The summed E-state index contributed by atoms with van der Waals surface area (Å²) in [6, 6.07) is 0.455. The summed E-state index contributed by atoms with van der Waals surface area (Å²) in [4.78, 5) is 0. The Morgan fingerprint density at radius 1 is 1.08 bits per heavy atom. The van der Waals surface area contributed by atoms with Crippen LogP contribution in [0.15, 0.2) is 0 Å². The molecule has 0 amide bonds. The Morgan fingerprint density at radius 3 is 2.54 bits per heavy atom. The van der Waals surface area contributed by atoms with Gasteiger partial charge >= 0.3 is 0 Å². The minimum atomic E-state index is 0.455. The molecule has 0 radical (unpaired) electrons. The molecule has 0 unspecified atom stereocenters. The van der Waals surface area contributed by atoms with E-state index in [4.69, 9.17) is 5.73 Å². The van der Waals surface area contributed by atoms with Gasteiger partial charge in [0.1, 0.15) is 0 Å². The zero-order chi connectivity index (χ0) is 9.00. The quantitative estimate of drug-likeness (QED) is 0.657. The molecule has 0 spiro atoms. The van der Waals surface area contributed by atoms with Crippen LogP contribution in [-0.4, -0.2) is 6.04 Å². The second-order valence-corrected chi connectivity index (χ2v) is 5.77. The standard InChI is InChI=1S/C12H21N/c1-7(13)12-10-3-2-9-4-8(5-10)6-11(9)12/h7-12H,2-6,13H2,1H3/t7-,8-,9-,10+,11+,12+/m0/s1. The SMILES string of the molecule is C[C@H](N)[C@@H]1[C@@H]2CC[C@H]3C[C@@H](C2)C[C@H]31. The number of fused-ring (bicyclic) bond motifs is 2. The molecular formula is C12H21N. The Balaban J connectivity index is 1.90. The molecule has 1 nitrogen and oxygen atoms in total. The molecule has 13 heavy (non-hydrogen) atoms. The summed E-state index contributed by atoms with van der Waals surface area (Å²) in [5.74, 6) is 5.08. The van der Waals surface area contributed by atoms with Gasteiger partial charge in [-0.3, -0.25) is 0 Å². The van der Waals surface area contributed by atoms with Crippen LogP contribution in [0.1, 0.15) is 39.0 Å². The zero-order valence-electron chi connectivity index (χ0n) is 8.58. The predicted molar refractivity (Wildman–Crippen MR) is 54.2 cm³/mol. The Hall–Kier alpha value is -0.0400. The number of rotatable bonds is 1. The Labute approximate surface area is 81.1 Å². The zero-order valence-corrected chi connectivity index (χ0v) is 8.58. The lowest BCUT2D eigenvalue weighted by atomic mass is 9.62. The van der Waals surface area contributed by atoms with E-state index >= 15 is 0 Å². The first kappa shape index (κ1) is 8.28. The molecule has 0 aromatic rings. The second-order valence-electron chi connectivity index (χ2n) is 5.77. The van der Waals surface area contributed by atoms with Gasteiger partial charge in [0.05, 0.1) is 0 Å². The lowest BCUT2D eigenvalue weighted by Crippen LogP contribution is -2.43. The molecule has 1 heteroatoms. The summed E-state index contributed by atoms with van der Waals surface area (Å²) in [5.41, 5.74) is 6.14. The van der Waals surface area contributed by atoms with Crippen molar-refractivity contribution in [3.63, 3.8) is 0 Å². The summed E-state index contributed by atoms with van der Waals surface area (Å²) in [6.07, 6.45) is 7.59. The highest BCUT2D eigenvalue weighted by Crippen LogP contribution is 2.58. The molecule has 6 atom stereocenters. The molecule has 0 aromatic heterocycles. The molecule has 0 aliphatic heterocycles. The lowest BCUT2D eigenvalue weighted by molar-refractivity contribution is 0.0663. The maximum Gasteiger partial charge on any atom is 0.00441 e. The molecule has 3 rings (SSSR count). The molecule has 3 aliphatic rings. The lowest BCUT2D eigenvalue weighted by Gasteiger charge is -2.44. The third-order valence-electron chi connectivity index (χ3n) is 5.04. The van der Waals surface area contributed by atoms with Gasteiger partial charge in [-0.15, -0.1) is 0 Å². The highest BCUT2D eigenvalue weighted by Gasteiger charge is 2.50. The van der Waals surface area contributed by atoms with Gasteiger partial charge in [0.25, 0.3) is 0 Å². The summed E-state index contributed by atoms with van der Waals surface area (Å²) in [6.45, 7) is 2.23. The Bertz CT molecular complexity index is 211. The molecule has 0 aromatic carbocycles. The van der Waals surface area contributed by atoms with Gasteiger partial charge in [-0.2, -0.15) is 0 Å². The van der Waals surface area contributed by atoms with Gasteiger partial charge in [-0.05, 0) is 68.6 Å². The van der Waals surface area contributed by atoms with Crippen molar-refractivity contribution in [1.29, 1.82) is 0 Å². The number of nitrogens with two attached hydrogens (primary N) is 1. The van der Waals surface area contributed by atoms with E-state index in [0.29, 0.717) is 6.04 Å². The predicted octanol–water partition coefficient (Wildman–Crippen LogP) is 2.41. The van der Waals surface area contributed by atoms with Crippen LogP contribution in [0, 0.1) is 29.6 Å². The van der Waals surface area contributed by atoms with Crippen molar-refractivity contribution in [2.24, 2.45) is 35.3 Å². The minimum Gasteiger partial charge on any atom is -0.328 e. The molecule has 0 saturated heterocycles. The van der Waals surface area contributed by atoms with Crippen LogP contribution in [0.4, 0.5) is 0 Å². The third kappa shape index (κ3) is 1.09. The molecule has 2 N–H and O–H groups in total. The van der Waals surface area contributed by atoms with Gasteiger partial charge in [-0.25, -0.2) is 0 Å². The first-order chi connectivity index (χ1) is 6.25. The summed E-state index contributed by atoms with van der Waals surface area (Å²) < 4.78 is 0. The van der Waals surface area contributed by atoms with E-state index in [9.17, 15) is 0 Å². The monoisotopic (exact) mass is 179 g/mol. The van der Waals surface area contributed by atoms with Crippen LogP contribution in [0.3, 0.4) is 0 Å². The molecular weight excluding hydrogens is 158 g/mol. The third-order valence-corrected chi connectivity index (χ3v) is 5.04. The van der Waals surface area contributed by atoms with Crippen molar-refractivity contribution in [1.82, 2.24) is 0 Å². The van der Waals surface area contributed by atoms with Crippen molar-refractivity contribution < 1.29 is 0 Å². The fraction of sp³-hybridized carbons (Fsp3) is 1.00. The van der Waals surface area contributed by atoms with Gasteiger partial charge in [0, 0.05) is 6.04 Å². The molecule has 3 bridgehead atoms. The van der Waals surface area contributed by atoms with Crippen LogP contribution in [0.2, 0.25) is 0 Å². The van der Waals surface area contributed by atoms with Gasteiger partial charge in [0.2, 0.25) is 0 Å². The topological polar surface area (TPSA) is 26.0 Å². The van der Waals surface area contributed by atoms with E-state index < -0.39 is 0 Å². The van der Waals surface area contributed by atoms with Crippen molar-refractivity contribution >= 4 is 0 Å². The van der Waals surface area contributed by atoms with Crippen LogP contribution in [0.25, 0.3) is 0 Å². The maximum atomic E-state index is 6.14. The van der Waals surface area contributed by atoms with Crippen molar-refractivity contribution in [2.75, 3.05) is 0 Å². The minimum absolute atomic E-state index is 0.455. The van der Waals surface area contributed by atoms with Crippen LogP contribution >= 0.6 is 0 Å². The van der Waals surface area contributed by atoms with Crippen molar-refractivity contribution in [2.45, 2.75) is 45.1 Å². The van der Waals surface area contributed by atoms with E-state index in [2.05, 4.69) is 6.92 Å². The summed E-state index contributed by atoms with van der Waals surface area (Å²) in [5, 5.41) is 0. The van der Waals surface area contributed by atoms with E-state index in [0.717, 1.165) is 29.6 Å². The average Bonchev–Trinajstić information content (AvgIpc) is 2.27. The molecule has 3 aliphatic carbocycles. The number of hydrogen-bond donors (Lipinski definition) is 1. The van der Waals surface area contributed by atoms with Gasteiger partial charge in [-0.1, -0.05) is 0 Å². The van der Waals surface area contributed by atoms with Gasteiger partial charge < -0.3 is 5.73 Å². The highest BCUT2D eigenvalue weighted by atomic mass is 14.7. The fourth-order valence-electron chi connectivity index (χ4n) is 4.76. The number of hydrogen-bond acceptors (Lipinski definition) is 1. The molecule has 74 valence electrons. The largest absolute Gasteiger partial charge is 0.328 e. The van der Waals surface area contributed by atoms with Crippen LogP contribution in [-0.2, 0) is 0 Å². The Morgan fingerprint density at radius 2 is 1.77 bits per heavy atom. The van der Waals surface area contributed by atoms with Crippen molar-refractivity contribution in [3.05, 3.63) is 0 Å². The highest BCUT2D eigenvalue weighted by molar-refractivity contribution is 5.01. The molecule has 3 fully saturated rings. The maximum absolute atomic E-state index is 6.14. The van der Waals surface area contributed by atoms with Crippen molar-refractivity contribution in [3.8, 4) is 0 Å². The molecule has 3 saturated carbocycles. The van der Waals surface area contributed by atoms with E-state index in [1.54, 1.807) is 6.42 Å². The van der Waals surface area contributed by atoms with Gasteiger partial charge in [0.15, 0.2) is 0 Å². The fourth-order valence-corrected chi connectivity index (χ4v) is 4.76. The average molecular weight is 179 g/mol. The smallest absolute Gasteiger partial charge is 0.00441 e. The van der Waals surface area contributed by atoms with E-state index in [1.807, 2.05) is 0 Å². The normalized spacial score (nSPS) is 55.4. The molecule has 0 heterocycles. The first-order valence-corrected chi connectivity index (χ1v) is 6.01. The Kier molecular flexibility index (Phi) is 1.74. The van der Waals surface area contributed by atoms with Crippen LogP contribution < -0.4 is 5.73 Å². The first-order valence-electron chi connectivity index (χ1n) is 6.01.